The zero-order valence-corrected chi connectivity index (χ0v) is 13.4. The molecule has 0 aliphatic carbocycles. The van der Waals surface area contributed by atoms with Crippen LogP contribution in [0, 0.1) is 5.92 Å². The van der Waals surface area contributed by atoms with E-state index in [9.17, 15) is 4.79 Å². The third-order valence-electron chi connectivity index (χ3n) is 4.44. The van der Waals surface area contributed by atoms with Gasteiger partial charge in [-0.2, -0.15) is 5.10 Å². The van der Waals surface area contributed by atoms with Gasteiger partial charge in [0, 0.05) is 48.5 Å². The van der Waals surface area contributed by atoms with Gasteiger partial charge in [0.05, 0.1) is 19.2 Å². The monoisotopic (exact) mass is 322 g/mol. The first-order chi connectivity index (χ1) is 11.7. The third-order valence-corrected chi connectivity index (χ3v) is 4.44. The summed E-state index contributed by atoms with van der Waals surface area (Å²) in [6.45, 7) is 2.46. The summed E-state index contributed by atoms with van der Waals surface area (Å²) in [5, 5.41) is 5.22. The lowest BCUT2D eigenvalue weighted by Crippen LogP contribution is -2.49. The molecule has 3 aromatic rings. The molecule has 0 atom stereocenters. The molecule has 24 heavy (non-hydrogen) atoms. The first kappa shape index (κ1) is 14.7. The second-order valence-electron chi connectivity index (χ2n) is 6.03. The standard InChI is InChI=1S/C18H18N4O2/c1-24-14-4-5-16-15(9-14)17(6-8-19-16)21-10-13(11-21)12-22-18(23)3-2-7-20-22/h2-9,13H,10-12H2,1H3. The maximum absolute atomic E-state index is 11.8. The van der Waals surface area contributed by atoms with Gasteiger partial charge in [0.1, 0.15) is 5.75 Å². The van der Waals surface area contributed by atoms with Gasteiger partial charge in [-0.3, -0.25) is 9.78 Å². The molecule has 0 amide bonds. The van der Waals surface area contributed by atoms with E-state index in [2.05, 4.69) is 15.0 Å². The first-order valence-corrected chi connectivity index (χ1v) is 7.94. The van der Waals surface area contributed by atoms with Crippen LogP contribution in [-0.2, 0) is 6.54 Å². The van der Waals surface area contributed by atoms with Crippen molar-refractivity contribution >= 4 is 16.6 Å². The summed E-state index contributed by atoms with van der Waals surface area (Å²) in [6, 6.07) is 11.2. The van der Waals surface area contributed by atoms with Crippen LogP contribution >= 0.6 is 0 Å². The molecular formula is C18H18N4O2. The van der Waals surface area contributed by atoms with Crippen molar-refractivity contribution in [1.82, 2.24) is 14.8 Å². The molecule has 0 unspecified atom stereocenters. The average molecular weight is 322 g/mol. The molecule has 1 fully saturated rings. The first-order valence-electron chi connectivity index (χ1n) is 7.94. The number of hydrogen-bond donors (Lipinski definition) is 0. The van der Waals surface area contributed by atoms with Crippen LogP contribution in [0.25, 0.3) is 10.9 Å². The van der Waals surface area contributed by atoms with Crippen LogP contribution in [0.2, 0.25) is 0 Å². The van der Waals surface area contributed by atoms with Crippen LogP contribution < -0.4 is 15.2 Å². The van der Waals surface area contributed by atoms with E-state index < -0.39 is 0 Å². The molecule has 4 rings (SSSR count). The zero-order chi connectivity index (χ0) is 16.5. The number of pyridine rings is 1. The van der Waals surface area contributed by atoms with Gasteiger partial charge in [0.2, 0.25) is 0 Å². The summed E-state index contributed by atoms with van der Waals surface area (Å²) < 4.78 is 6.87. The van der Waals surface area contributed by atoms with Crippen LogP contribution in [0.4, 0.5) is 5.69 Å². The van der Waals surface area contributed by atoms with Crippen molar-refractivity contribution in [2.45, 2.75) is 6.54 Å². The molecule has 1 aliphatic heterocycles. The quantitative estimate of drug-likeness (QED) is 0.734. The van der Waals surface area contributed by atoms with Crippen molar-refractivity contribution < 1.29 is 4.74 Å². The van der Waals surface area contributed by atoms with Crippen molar-refractivity contribution in [2.24, 2.45) is 5.92 Å². The second kappa shape index (κ2) is 5.96. The lowest BCUT2D eigenvalue weighted by atomic mass is 9.98. The average Bonchev–Trinajstić information content (AvgIpc) is 2.58. The van der Waals surface area contributed by atoms with Gasteiger partial charge in [-0.1, -0.05) is 0 Å². The molecule has 0 bridgehead atoms. The third kappa shape index (κ3) is 2.60. The topological polar surface area (TPSA) is 60.2 Å². The number of ether oxygens (including phenoxy) is 1. The molecule has 6 nitrogen and oxygen atoms in total. The highest BCUT2D eigenvalue weighted by Crippen LogP contribution is 2.33. The van der Waals surface area contributed by atoms with Crippen molar-refractivity contribution in [1.29, 1.82) is 0 Å². The van der Waals surface area contributed by atoms with Crippen LogP contribution in [0.1, 0.15) is 0 Å². The minimum Gasteiger partial charge on any atom is -0.497 e. The number of methoxy groups -OCH3 is 1. The van der Waals surface area contributed by atoms with Crippen LogP contribution in [-0.4, -0.2) is 35.0 Å². The van der Waals surface area contributed by atoms with Crippen molar-refractivity contribution in [2.75, 3.05) is 25.1 Å². The Morgan fingerprint density at radius 2 is 2.08 bits per heavy atom. The van der Waals surface area contributed by atoms with E-state index in [1.54, 1.807) is 25.4 Å². The van der Waals surface area contributed by atoms with E-state index in [0.29, 0.717) is 12.5 Å². The maximum Gasteiger partial charge on any atom is 0.266 e. The van der Waals surface area contributed by atoms with Gasteiger partial charge >= 0.3 is 0 Å². The van der Waals surface area contributed by atoms with Gasteiger partial charge < -0.3 is 9.64 Å². The van der Waals surface area contributed by atoms with Gasteiger partial charge in [-0.25, -0.2) is 4.68 Å². The van der Waals surface area contributed by atoms with Crippen molar-refractivity contribution in [3.8, 4) is 5.75 Å². The Balaban J connectivity index is 1.54. The molecular weight excluding hydrogens is 304 g/mol. The fraction of sp³-hybridized carbons (Fsp3) is 0.278. The van der Waals surface area contributed by atoms with E-state index in [1.807, 2.05) is 30.5 Å². The highest BCUT2D eigenvalue weighted by atomic mass is 16.5. The Bertz CT molecular complexity index is 931. The van der Waals surface area contributed by atoms with Crippen LogP contribution in [0.5, 0.6) is 5.75 Å². The Hall–Kier alpha value is -2.89. The molecule has 6 heteroatoms. The number of fused-ring (bicyclic) bond motifs is 1. The summed E-state index contributed by atoms with van der Waals surface area (Å²) in [7, 11) is 1.67. The fourth-order valence-electron chi connectivity index (χ4n) is 3.16. The van der Waals surface area contributed by atoms with E-state index in [4.69, 9.17) is 4.74 Å². The summed E-state index contributed by atoms with van der Waals surface area (Å²) >= 11 is 0. The summed E-state index contributed by atoms with van der Waals surface area (Å²) in [5.74, 6) is 1.25. The largest absolute Gasteiger partial charge is 0.497 e. The van der Waals surface area contributed by atoms with E-state index >= 15 is 0 Å². The van der Waals surface area contributed by atoms with Crippen LogP contribution in [0.15, 0.2) is 53.6 Å². The molecule has 0 spiro atoms. The summed E-state index contributed by atoms with van der Waals surface area (Å²) in [6.07, 6.45) is 3.49. The number of anilines is 1. The Morgan fingerprint density at radius 3 is 2.88 bits per heavy atom. The second-order valence-corrected chi connectivity index (χ2v) is 6.03. The number of nitrogens with zero attached hydrogens (tertiary/aromatic N) is 4. The van der Waals surface area contributed by atoms with Crippen LogP contribution in [0.3, 0.4) is 0 Å². The molecule has 1 saturated heterocycles. The molecule has 1 aliphatic rings. The van der Waals surface area contributed by atoms with E-state index in [0.717, 1.165) is 35.4 Å². The highest BCUT2D eigenvalue weighted by molar-refractivity contribution is 5.92. The van der Waals surface area contributed by atoms with Crippen molar-refractivity contribution in [3.63, 3.8) is 0 Å². The minimum absolute atomic E-state index is 0.0463. The number of hydrogen-bond acceptors (Lipinski definition) is 5. The number of aromatic nitrogens is 3. The highest BCUT2D eigenvalue weighted by Gasteiger charge is 2.28. The van der Waals surface area contributed by atoms with Gasteiger partial charge in [0.15, 0.2) is 0 Å². The summed E-state index contributed by atoms with van der Waals surface area (Å²) in [4.78, 5) is 18.5. The SMILES string of the molecule is COc1ccc2nccc(N3CC(Cn4ncccc4=O)C3)c2c1. The molecule has 2 aromatic heterocycles. The van der Waals surface area contributed by atoms with Gasteiger partial charge in [0.25, 0.3) is 5.56 Å². The lowest BCUT2D eigenvalue weighted by molar-refractivity contribution is 0.335. The number of rotatable bonds is 4. The Morgan fingerprint density at radius 1 is 1.21 bits per heavy atom. The predicted octanol–water partition coefficient (Wildman–Crippen LogP) is 1.94. The molecule has 1 aromatic carbocycles. The smallest absolute Gasteiger partial charge is 0.266 e. The van der Waals surface area contributed by atoms with E-state index in [1.165, 1.54) is 4.68 Å². The molecule has 0 N–H and O–H groups in total. The zero-order valence-electron chi connectivity index (χ0n) is 13.4. The molecule has 0 saturated carbocycles. The molecule has 0 radical (unpaired) electrons. The maximum atomic E-state index is 11.8. The molecule has 3 heterocycles. The Kier molecular flexibility index (Phi) is 3.65. The molecule has 122 valence electrons. The normalized spacial score (nSPS) is 14.6. The Labute approximate surface area is 139 Å². The van der Waals surface area contributed by atoms with Gasteiger partial charge in [-0.15, -0.1) is 0 Å². The minimum atomic E-state index is -0.0463. The lowest BCUT2D eigenvalue weighted by Gasteiger charge is -2.41. The fourth-order valence-corrected chi connectivity index (χ4v) is 3.16. The number of benzene rings is 1. The van der Waals surface area contributed by atoms with Gasteiger partial charge in [-0.05, 0) is 30.3 Å². The predicted molar refractivity (Wildman–Crippen MR) is 92.5 cm³/mol. The van der Waals surface area contributed by atoms with Crippen molar-refractivity contribution in [3.05, 3.63) is 59.1 Å². The van der Waals surface area contributed by atoms with E-state index in [-0.39, 0.29) is 5.56 Å². The summed E-state index contributed by atoms with van der Waals surface area (Å²) in [5.41, 5.74) is 2.07.